The Morgan fingerprint density at radius 2 is 1.81 bits per heavy atom. The summed E-state index contributed by atoms with van der Waals surface area (Å²) in [6.07, 6.45) is -1.26. The molecule has 0 aliphatic heterocycles. The number of nitrogens with two attached hydrogens (primary N) is 1. The number of benzene rings is 1. The van der Waals surface area contributed by atoms with Gasteiger partial charge in [0.2, 0.25) is 0 Å². The lowest BCUT2D eigenvalue weighted by molar-refractivity contribution is -0.384. The van der Waals surface area contributed by atoms with Crippen molar-refractivity contribution in [1.82, 2.24) is 5.32 Å². The van der Waals surface area contributed by atoms with Crippen molar-refractivity contribution < 1.29 is 24.7 Å². The lowest BCUT2D eigenvalue weighted by Gasteiger charge is -2.22. The Morgan fingerprint density at radius 1 is 1.27 bits per heavy atom. The number of carbonyl (C=O) groups excluding carboxylic acids is 1. The van der Waals surface area contributed by atoms with Crippen LogP contribution < -0.4 is 11.1 Å². The molecule has 0 aliphatic carbocycles. The third kappa shape index (κ3) is 7.34. The lowest BCUT2D eigenvalue weighted by atomic mass is 10.00. The quantitative estimate of drug-likeness (QED) is 0.360. The van der Waals surface area contributed by atoms with E-state index in [1.165, 1.54) is 24.3 Å². The number of aliphatic hydroxyl groups is 1. The average Bonchev–Trinajstić information content (AvgIpc) is 2.53. The molecule has 1 rings (SSSR count). The van der Waals surface area contributed by atoms with Gasteiger partial charge in [0, 0.05) is 18.2 Å². The second-order valence-corrected chi connectivity index (χ2v) is 6.27. The van der Waals surface area contributed by atoms with Crippen LogP contribution in [0.1, 0.15) is 25.8 Å². The van der Waals surface area contributed by atoms with Crippen LogP contribution in [-0.4, -0.2) is 45.2 Å². The van der Waals surface area contributed by atoms with E-state index in [-0.39, 0.29) is 36.9 Å². The lowest BCUT2D eigenvalue weighted by Crippen LogP contribution is -2.52. The number of halogens is 1. The number of carboxylic acid groups (broad SMARTS) is 1. The minimum atomic E-state index is -1.59. The number of amides is 1. The van der Waals surface area contributed by atoms with Crippen molar-refractivity contribution in [3.63, 3.8) is 0 Å². The highest BCUT2D eigenvalue weighted by atomic mass is 35.5. The zero-order chi connectivity index (χ0) is 19.1. The van der Waals surface area contributed by atoms with Crippen molar-refractivity contribution in [3.8, 4) is 0 Å². The third-order valence-electron chi connectivity index (χ3n) is 3.61. The highest BCUT2D eigenvalue weighted by Gasteiger charge is 2.28. The molecule has 0 radical (unpaired) electrons. The second-order valence-electron chi connectivity index (χ2n) is 6.27. The molecule has 10 heteroatoms. The molecule has 0 fully saturated rings. The smallest absolute Gasteiger partial charge is 0.326 e. The van der Waals surface area contributed by atoms with Crippen LogP contribution in [-0.2, 0) is 16.0 Å². The van der Waals surface area contributed by atoms with Gasteiger partial charge < -0.3 is 21.3 Å². The van der Waals surface area contributed by atoms with Crippen LogP contribution in [0.3, 0.4) is 0 Å². The van der Waals surface area contributed by atoms with E-state index >= 15 is 0 Å². The summed E-state index contributed by atoms with van der Waals surface area (Å²) in [5.74, 6) is -1.99. The van der Waals surface area contributed by atoms with Gasteiger partial charge in [-0.1, -0.05) is 26.0 Å². The highest BCUT2D eigenvalue weighted by molar-refractivity contribution is 5.86. The van der Waals surface area contributed by atoms with Gasteiger partial charge in [-0.3, -0.25) is 14.9 Å². The molecule has 0 heterocycles. The van der Waals surface area contributed by atoms with Gasteiger partial charge in [-0.05, 0) is 24.3 Å². The molecule has 1 aromatic carbocycles. The van der Waals surface area contributed by atoms with Crippen LogP contribution in [0.5, 0.6) is 0 Å². The fraction of sp³-hybridized carbons (Fsp3) is 0.500. The molecule has 0 saturated carbocycles. The van der Waals surface area contributed by atoms with Crippen LogP contribution in [0.4, 0.5) is 5.69 Å². The van der Waals surface area contributed by atoms with E-state index in [0.29, 0.717) is 5.56 Å². The maximum Gasteiger partial charge on any atom is 0.326 e. The van der Waals surface area contributed by atoms with Crippen LogP contribution in [0, 0.1) is 16.0 Å². The van der Waals surface area contributed by atoms with Crippen LogP contribution in [0.2, 0.25) is 0 Å². The van der Waals surface area contributed by atoms with Gasteiger partial charge in [-0.15, -0.1) is 12.4 Å². The number of non-ortho nitro benzene ring substituents is 1. The molecule has 26 heavy (non-hydrogen) atoms. The number of hydrogen-bond acceptors (Lipinski definition) is 6. The van der Waals surface area contributed by atoms with Crippen molar-refractivity contribution in [2.24, 2.45) is 11.7 Å². The summed E-state index contributed by atoms with van der Waals surface area (Å²) in [4.78, 5) is 33.2. The zero-order valence-corrected chi connectivity index (χ0v) is 15.3. The highest BCUT2D eigenvalue weighted by Crippen LogP contribution is 2.14. The molecule has 9 nitrogen and oxygen atoms in total. The Bertz CT molecular complexity index is 623. The Labute approximate surface area is 157 Å². The molecule has 0 aliphatic rings. The molecule has 0 saturated heterocycles. The van der Waals surface area contributed by atoms with Crippen molar-refractivity contribution in [2.75, 3.05) is 0 Å². The minimum absolute atomic E-state index is 0. The molecule has 146 valence electrons. The zero-order valence-electron chi connectivity index (χ0n) is 14.5. The van der Waals surface area contributed by atoms with E-state index in [9.17, 15) is 24.8 Å². The van der Waals surface area contributed by atoms with Crippen LogP contribution in [0.25, 0.3) is 0 Å². The van der Waals surface area contributed by atoms with E-state index in [1.54, 1.807) is 0 Å². The van der Waals surface area contributed by atoms with Crippen molar-refractivity contribution >= 4 is 30.0 Å². The van der Waals surface area contributed by atoms with Gasteiger partial charge >= 0.3 is 5.97 Å². The van der Waals surface area contributed by atoms with E-state index < -0.39 is 35.0 Å². The molecule has 1 aromatic rings. The molecular weight excluding hydrogens is 366 g/mol. The predicted octanol–water partition coefficient (Wildman–Crippen LogP) is 0.863. The van der Waals surface area contributed by atoms with Crippen molar-refractivity contribution in [2.45, 2.75) is 44.9 Å². The summed E-state index contributed by atoms with van der Waals surface area (Å²) >= 11 is 0. The predicted molar refractivity (Wildman–Crippen MR) is 97.1 cm³/mol. The molecular formula is C16H24ClN3O6. The number of nitro groups is 1. The Morgan fingerprint density at radius 3 is 2.23 bits per heavy atom. The maximum absolute atomic E-state index is 12.0. The van der Waals surface area contributed by atoms with Gasteiger partial charge in [0.05, 0.1) is 4.92 Å². The number of carbonyl (C=O) groups is 2. The van der Waals surface area contributed by atoms with Crippen molar-refractivity contribution in [1.29, 1.82) is 0 Å². The first kappa shape index (κ1) is 23.8. The second kappa shape index (κ2) is 10.7. The van der Waals surface area contributed by atoms with Crippen molar-refractivity contribution in [3.05, 3.63) is 39.9 Å². The first-order valence-electron chi connectivity index (χ1n) is 7.82. The number of nitrogens with zero attached hydrogens (tertiary/aromatic N) is 1. The Hall–Kier alpha value is -2.23. The molecule has 0 aromatic heterocycles. The van der Waals surface area contributed by atoms with E-state index in [4.69, 9.17) is 10.8 Å². The normalized spacial score (nSPS) is 14.0. The summed E-state index contributed by atoms with van der Waals surface area (Å²) in [5.41, 5.74) is 6.35. The van der Waals surface area contributed by atoms with E-state index in [1.807, 2.05) is 13.8 Å². The number of nitrogens with one attached hydrogen (secondary N) is 1. The SMILES string of the molecule is CC(C)C[C@H](NC(=O)C(O)[C@H](N)Cc1ccc([N+](=O)[O-])cc1)C(=O)O.Cl. The summed E-state index contributed by atoms with van der Waals surface area (Å²) < 4.78 is 0. The number of hydrogen-bond donors (Lipinski definition) is 4. The van der Waals surface area contributed by atoms with Crippen LogP contribution in [0.15, 0.2) is 24.3 Å². The molecule has 1 unspecified atom stereocenters. The molecule has 1 amide bonds. The van der Waals surface area contributed by atoms with Gasteiger partial charge in [0.1, 0.15) is 12.1 Å². The van der Waals surface area contributed by atoms with Crippen LogP contribution >= 0.6 is 12.4 Å². The third-order valence-corrected chi connectivity index (χ3v) is 3.61. The number of aliphatic carboxylic acids is 1. The van der Waals surface area contributed by atoms with E-state index in [0.717, 1.165) is 0 Å². The first-order chi connectivity index (χ1) is 11.6. The van der Waals surface area contributed by atoms with E-state index in [2.05, 4.69) is 5.32 Å². The van der Waals surface area contributed by atoms with Gasteiger partial charge in [-0.25, -0.2) is 4.79 Å². The standard InChI is InChI=1S/C16H23N3O6.ClH/c1-9(2)7-13(16(22)23)18-15(21)14(20)12(17)8-10-3-5-11(6-4-10)19(24)25;/h3-6,9,12-14,20H,7-8,17H2,1-2H3,(H,18,21)(H,22,23);1H/t12-,13+,14?;/m1./s1. The van der Waals surface area contributed by atoms with Gasteiger partial charge in [0.25, 0.3) is 11.6 Å². The summed E-state index contributed by atoms with van der Waals surface area (Å²) in [6.45, 7) is 3.64. The van der Waals surface area contributed by atoms with Gasteiger partial charge in [-0.2, -0.15) is 0 Å². The maximum atomic E-state index is 12.0. The molecule has 0 spiro atoms. The Kier molecular flexibility index (Phi) is 9.77. The number of aliphatic hydroxyl groups excluding tert-OH is 1. The van der Waals surface area contributed by atoms with Gasteiger partial charge in [0.15, 0.2) is 0 Å². The fourth-order valence-electron chi connectivity index (χ4n) is 2.28. The fourth-order valence-corrected chi connectivity index (χ4v) is 2.28. The average molecular weight is 390 g/mol. The summed E-state index contributed by atoms with van der Waals surface area (Å²) in [7, 11) is 0. The number of carboxylic acids is 1. The molecule has 3 atom stereocenters. The first-order valence-corrected chi connectivity index (χ1v) is 7.82. The summed E-state index contributed by atoms with van der Waals surface area (Å²) in [5, 5.41) is 32.0. The summed E-state index contributed by atoms with van der Waals surface area (Å²) in [6, 6.07) is 3.50. The minimum Gasteiger partial charge on any atom is -0.480 e. The monoisotopic (exact) mass is 389 g/mol. The topological polar surface area (TPSA) is 156 Å². The Balaban J connectivity index is 0.00000625. The number of rotatable bonds is 9. The molecule has 5 N–H and O–H groups in total. The largest absolute Gasteiger partial charge is 0.480 e. The molecule has 0 bridgehead atoms. The number of nitro benzene ring substituents is 1.